The van der Waals surface area contributed by atoms with Gasteiger partial charge in [-0.25, -0.2) is 13.2 Å². The highest BCUT2D eigenvalue weighted by atomic mass is 19.1. The van der Waals surface area contributed by atoms with Crippen LogP contribution < -0.4 is 5.32 Å². The van der Waals surface area contributed by atoms with Crippen LogP contribution in [0.4, 0.5) is 13.2 Å². The molecule has 0 heterocycles. The summed E-state index contributed by atoms with van der Waals surface area (Å²) in [6.07, 6.45) is 2.74. The number of rotatable bonds is 7. The van der Waals surface area contributed by atoms with E-state index in [0.29, 0.717) is 25.5 Å². The quantitative estimate of drug-likeness (QED) is 0.823. The van der Waals surface area contributed by atoms with Crippen LogP contribution in [0.2, 0.25) is 0 Å². The van der Waals surface area contributed by atoms with E-state index >= 15 is 0 Å². The third-order valence-corrected chi connectivity index (χ3v) is 4.01. The van der Waals surface area contributed by atoms with Gasteiger partial charge in [0.1, 0.15) is 17.5 Å². The number of hydrogen-bond donors (Lipinski definition) is 1. The molecular formula is C16H22F3NO. The molecule has 2 rings (SSSR count). The van der Waals surface area contributed by atoms with E-state index in [2.05, 4.69) is 5.32 Å². The minimum absolute atomic E-state index is 0.0573. The molecule has 1 aliphatic carbocycles. The zero-order valence-corrected chi connectivity index (χ0v) is 12.5. The third-order valence-electron chi connectivity index (χ3n) is 4.01. The van der Waals surface area contributed by atoms with Gasteiger partial charge in [-0.05, 0) is 38.6 Å². The molecule has 1 fully saturated rings. The molecule has 0 radical (unpaired) electrons. The normalized spacial score (nSPS) is 22.9. The van der Waals surface area contributed by atoms with Crippen molar-refractivity contribution in [1.29, 1.82) is 0 Å². The molecule has 5 heteroatoms. The fourth-order valence-electron chi connectivity index (χ4n) is 3.01. The molecule has 1 N–H and O–H groups in total. The number of hydrogen-bond acceptors (Lipinski definition) is 2. The number of halogens is 3. The molecule has 2 nitrogen and oxygen atoms in total. The second-order valence-corrected chi connectivity index (χ2v) is 5.54. The largest absolute Gasteiger partial charge is 0.378 e. The molecule has 0 aliphatic heterocycles. The predicted octanol–water partition coefficient (Wildman–Crippen LogP) is 3.96. The molecule has 0 saturated heterocycles. The zero-order chi connectivity index (χ0) is 15.4. The minimum atomic E-state index is -0.885. The van der Waals surface area contributed by atoms with E-state index in [1.54, 1.807) is 0 Å². The monoisotopic (exact) mass is 301 g/mol. The van der Waals surface area contributed by atoms with Gasteiger partial charge in [0.15, 0.2) is 0 Å². The molecular weight excluding hydrogens is 279 g/mol. The molecule has 0 spiro atoms. The smallest absolute Gasteiger partial charge is 0.133 e. The van der Waals surface area contributed by atoms with Crippen LogP contribution in [-0.2, 0) is 4.74 Å². The van der Waals surface area contributed by atoms with E-state index in [0.717, 1.165) is 25.0 Å². The van der Waals surface area contributed by atoms with Crippen molar-refractivity contribution in [1.82, 2.24) is 5.32 Å². The van der Waals surface area contributed by atoms with E-state index in [4.69, 9.17) is 4.74 Å². The first-order valence-electron chi connectivity index (χ1n) is 7.54. The Morgan fingerprint density at radius 1 is 1.19 bits per heavy atom. The van der Waals surface area contributed by atoms with Crippen molar-refractivity contribution >= 4 is 0 Å². The van der Waals surface area contributed by atoms with Crippen LogP contribution in [0.3, 0.4) is 0 Å². The number of ether oxygens (including phenoxy) is 1. The van der Waals surface area contributed by atoms with E-state index in [-0.39, 0.29) is 11.7 Å². The summed E-state index contributed by atoms with van der Waals surface area (Å²) in [5.41, 5.74) is -0.0573. The molecule has 0 amide bonds. The third kappa shape index (κ3) is 3.98. The Labute approximate surface area is 123 Å². The highest BCUT2D eigenvalue weighted by Crippen LogP contribution is 2.38. The first-order chi connectivity index (χ1) is 10.0. The van der Waals surface area contributed by atoms with Crippen LogP contribution in [0.15, 0.2) is 12.1 Å². The van der Waals surface area contributed by atoms with Gasteiger partial charge in [0.05, 0.1) is 6.10 Å². The second kappa shape index (κ2) is 7.27. The lowest BCUT2D eigenvalue weighted by atomic mass is 9.77. The van der Waals surface area contributed by atoms with Gasteiger partial charge in [-0.15, -0.1) is 0 Å². The molecule has 1 aromatic carbocycles. The first kappa shape index (κ1) is 16.3. The van der Waals surface area contributed by atoms with Gasteiger partial charge in [0.25, 0.3) is 0 Å². The summed E-state index contributed by atoms with van der Waals surface area (Å²) < 4.78 is 46.3. The van der Waals surface area contributed by atoms with Crippen molar-refractivity contribution in [2.24, 2.45) is 5.92 Å². The van der Waals surface area contributed by atoms with Crippen LogP contribution in [0.1, 0.15) is 44.7 Å². The summed E-state index contributed by atoms with van der Waals surface area (Å²) in [6.45, 7) is 5.13. The van der Waals surface area contributed by atoms with Gasteiger partial charge < -0.3 is 10.1 Å². The number of benzene rings is 1. The van der Waals surface area contributed by atoms with Crippen molar-refractivity contribution in [2.75, 3.05) is 13.2 Å². The highest BCUT2D eigenvalue weighted by Gasteiger charge is 2.33. The maximum absolute atomic E-state index is 13.9. The molecule has 1 unspecified atom stereocenters. The molecule has 1 aromatic rings. The average Bonchev–Trinajstić information content (AvgIpc) is 2.35. The Kier molecular flexibility index (Phi) is 5.65. The van der Waals surface area contributed by atoms with Crippen LogP contribution in [0.5, 0.6) is 0 Å². The highest BCUT2D eigenvalue weighted by molar-refractivity contribution is 5.24. The van der Waals surface area contributed by atoms with Crippen molar-refractivity contribution in [2.45, 2.75) is 45.3 Å². The first-order valence-corrected chi connectivity index (χ1v) is 7.54. The van der Waals surface area contributed by atoms with E-state index in [1.165, 1.54) is 0 Å². The van der Waals surface area contributed by atoms with Gasteiger partial charge in [-0.3, -0.25) is 0 Å². The van der Waals surface area contributed by atoms with E-state index < -0.39 is 23.5 Å². The van der Waals surface area contributed by atoms with Gasteiger partial charge in [-0.2, -0.15) is 0 Å². The Balaban J connectivity index is 2.06. The summed E-state index contributed by atoms with van der Waals surface area (Å²) >= 11 is 0. The molecule has 1 aliphatic rings. The SMILES string of the molecule is CCNC(CC1CC(OCC)C1)c1c(F)cc(F)cc1F. The second-order valence-electron chi connectivity index (χ2n) is 5.54. The average molecular weight is 301 g/mol. The molecule has 1 atom stereocenters. The zero-order valence-electron chi connectivity index (χ0n) is 12.5. The Bertz CT molecular complexity index is 452. The summed E-state index contributed by atoms with van der Waals surface area (Å²) in [6, 6.07) is 1.06. The van der Waals surface area contributed by atoms with Crippen molar-refractivity contribution in [3.05, 3.63) is 35.1 Å². The molecule has 1 saturated carbocycles. The maximum Gasteiger partial charge on any atom is 0.133 e. The van der Waals surface area contributed by atoms with Gasteiger partial charge in [0.2, 0.25) is 0 Å². The Morgan fingerprint density at radius 3 is 2.33 bits per heavy atom. The van der Waals surface area contributed by atoms with Crippen LogP contribution in [0, 0.1) is 23.4 Å². The maximum atomic E-state index is 13.9. The molecule has 0 aromatic heterocycles. The Hall–Kier alpha value is -1.07. The van der Waals surface area contributed by atoms with Crippen molar-refractivity contribution < 1.29 is 17.9 Å². The van der Waals surface area contributed by atoms with Crippen LogP contribution >= 0.6 is 0 Å². The summed E-state index contributed by atoms with van der Waals surface area (Å²) in [5, 5.41) is 3.10. The topological polar surface area (TPSA) is 21.3 Å². The van der Waals surface area contributed by atoms with Crippen molar-refractivity contribution in [3.63, 3.8) is 0 Å². The lowest BCUT2D eigenvalue weighted by Crippen LogP contribution is -2.35. The van der Waals surface area contributed by atoms with Gasteiger partial charge in [-0.1, -0.05) is 6.92 Å². The predicted molar refractivity (Wildman–Crippen MR) is 75.5 cm³/mol. The van der Waals surface area contributed by atoms with Crippen LogP contribution in [-0.4, -0.2) is 19.3 Å². The van der Waals surface area contributed by atoms with Crippen molar-refractivity contribution in [3.8, 4) is 0 Å². The summed E-state index contributed by atoms with van der Waals surface area (Å²) in [7, 11) is 0. The Morgan fingerprint density at radius 2 is 1.81 bits per heavy atom. The molecule has 118 valence electrons. The van der Waals surface area contributed by atoms with E-state index in [9.17, 15) is 13.2 Å². The fourth-order valence-corrected chi connectivity index (χ4v) is 3.01. The minimum Gasteiger partial charge on any atom is -0.378 e. The lowest BCUT2D eigenvalue weighted by molar-refractivity contribution is -0.0292. The molecule has 0 bridgehead atoms. The van der Waals surface area contributed by atoms with Crippen LogP contribution in [0.25, 0.3) is 0 Å². The molecule has 21 heavy (non-hydrogen) atoms. The number of nitrogens with one attached hydrogen (secondary N) is 1. The fraction of sp³-hybridized carbons (Fsp3) is 0.625. The lowest BCUT2D eigenvalue weighted by Gasteiger charge is -2.37. The van der Waals surface area contributed by atoms with E-state index in [1.807, 2.05) is 13.8 Å². The van der Waals surface area contributed by atoms with Gasteiger partial charge >= 0.3 is 0 Å². The summed E-state index contributed by atoms with van der Waals surface area (Å²) in [4.78, 5) is 0. The standard InChI is InChI=1S/C16H22F3NO/c1-3-20-15(7-10-5-12(6-10)21-4-2)16-13(18)8-11(17)9-14(16)19/h8-10,12,15,20H,3-7H2,1-2H3. The summed E-state index contributed by atoms with van der Waals surface area (Å²) in [5.74, 6) is -2.14. The van der Waals surface area contributed by atoms with Gasteiger partial charge in [0, 0.05) is 30.3 Å².